The molecule has 17 heavy (non-hydrogen) atoms. The topological polar surface area (TPSA) is 71.4 Å². The highest BCUT2D eigenvalue weighted by atomic mass is 16.5. The second-order valence-electron chi connectivity index (χ2n) is 3.55. The van der Waals surface area contributed by atoms with Gasteiger partial charge < -0.3 is 20.2 Å². The lowest BCUT2D eigenvalue weighted by Crippen LogP contribution is -2.23. The minimum atomic E-state index is -0.564. The van der Waals surface area contributed by atoms with Crippen LogP contribution in [0.15, 0.2) is 23.6 Å². The standard InChI is InChI=1S/C12H20N2O3/c1-6-16-12(15)10(9(4)13)11(14-5)17-7-8(2)3/h13-14H,2,6-7H2,1,3-5H3/b11-10-,13-9?. The molecule has 0 amide bonds. The number of nitrogens with one attached hydrogen (secondary N) is 2. The van der Waals surface area contributed by atoms with Crippen molar-refractivity contribution in [3.63, 3.8) is 0 Å². The van der Waals surface area contributed by atoms with Crippen LogP contribution in [-0.4, -0.2) is 31.9 Å². The highest BCUT2D eigenvalue weighted by Crippen LogP contribution is 2.09. The van der Waals surface area contributed by atoms with E-state index in [1.807, 2.05) is 6.92 Å². The summed E-state index contributed by atoms with van der Waals surface area (Å²) in [6.45, 7) is 9.28. The molecule has 2 N–H and O–H groups in total. The first-order valence-corrected chi connectivity index (χ1v) is 5.35. The van der Waals surface area contributed by atoms with E-state index in [4.69, 9.17) is 14.9 Å². The number of carbonyl (C=O) groups is 1. The lowest BCUT2D eigenvalue weighted by molar-refractivity contribution is -0.138. The predicted octanol–water partition coefficient (Wildman–Crippen LogP) is 1.61. The Kier molecular flexibility index (Phi) is 6.70. The fraction of sp³-hybridized carbons (Fsp3) is 0.500. The average molecular weight is 240 g/mol. The van der Waals surface area contributed by atoms with E-state index in [9.17, 15) is 4.79 Å². The summed E-state index contributed by atoms with van der Waals surface area (Å²) in [6.07, 6.45) is 0. The summed E-state index contributed by atoms with van der Waals surface area (Å²) in [5.74, 6) is -0.329. The molecule has 0 aromatic carbocycles. The molecule has 0 fully saturated rings. The van der Waals surface area contributed by atoms with Gasteiger partial charge in [-0.1, -0.05) is 6.58 Å². The molecule has 0 aliphatic carbocycles. The van der Waals surface area contributed by atoms with Crippen LogP contribution < -0.4 is 5.32 Å². The van der Waals surface area contributed by atoms with Gasteiger partial charge in [0.15, 0.2) is 0 Å². The molecule has 0 heterocycles. The van der Waals surface area contributed by atoms with Crippen molar-refractivity contribution in [2.75, 3.05) is 20.3 Å². The van der Waals surface area contributed by atoms with Crippen LogP contribution in [0.5, 0.6) is 0 Å². The van der Waals surface area contributed by atoms with Crippen molar-refractivity contribution in [3.8, 4) is 0 Å². The van der Waals surface area contributed by atoms with Gasteiger partial charge in [-0.3, -0.25) is 0 Å². The minimum Gasteiger partial charge on any atom is -0.474 e. The summed E-state index contributed by atoms with van der Waals surface area (Å²) in [5, 5.41) is 10.3. The van der Waals surface area contributed by atoms with E-state index in [2.05, 4.69) is 11.9 Å². The fourth-order valence-corrected chi connectivity index (χ4v) is 1.08. The number of rotatable bonds is 7. The maximum absolute atomic E-state index is 11.7. The van der Waals surface area contributed by atoms with E-state index in [0.717, 1.165) is 5.57 Å². The van der Waals surface area contributed by atoms with Crippen LogP contribution >= 0.6 is 0 Å². The first-order chi connectivity index (χ1) is 7.93. The minimum absolute atomic E-state index is 0.0921. The Morgan fingerprint density at radius 3 is 2.29 bits per heavy atom. The third-order valence-corrected chi connectivity index (χ3v) is 1.77. The summed E-state index contributed by atoms with van der Waals surface area (Å²) in [4.78, 5) is 11.7. The Balaban J connectivity index is 5.09. The van der Waals surface area contributed by atoms with E-state index >= 15 is 0 Å². The van der Waals surface area contributed by atoms with E-state index in [-0.39, 0.29) is 30.4 Å². The Morgan fingerprint density at radius 2 is 1.94 bits per heavy atom. The van der Waals surface area contributed by atoms with Gasteiger partial charge in [-0.15, -0.1) is 0 Å². The van der Waals surface area contributed by atoms with Crippen molar-refractivity contribution in [3.05, 3.63) is 23.6 Å². The van der Waals surface area contributed by atoms with Crippen LogP contribution in [0.2, 0.25) is 0 Å². The molecule has 0 rings (SSSR count). The molecule has 0 aliphatic heterocycles. The second kappa shape index (κ2) is 7.49. The Labute approximate surface area is 102 Å². The van der Waals surface area contributed by atoms with Gasteiger partial charge in [0.1, 0.15) is 12.2 Å². The lowest BCUT2D eigenvalue weighted by Gasteiger charge is -2.14. The van der Waals surface area contributed by atoms with Gasteiger partial charge in [-0.2, -0.15) is 0 Å². The van der Waals surface area contributed by atoms with Crippen molar-refractivity contribution in [2.45, 2.75) is 20.8 Å². The number of carbonyl (C=O) groups excluding carboxylic acids is 1. The third kappa shape index (κ3) is 5.19. The number of hydrogen-bond acceptors (Lipinski definition) is 5. The van der Waals surface area contributed by atoms with Crippen LogP contribution in [-0.2, 0) is 14.3 Å². The van der Waals surface area contributed by atoms with Gasteiger partial charge in [0.25, 0.3) is 0 Å². The van der Waals surface area contributed by atoms with Crippen LogP contribution in [0.4, 0.5) is 0 Å². The summed E-state index contributed by atoms with van der Waals surface area (Å²) in [6, 6.07) is 0. The second-order valence-corrected chi connectivity index (χ2v) is 3.55. The van der Waals surface area contributed by atoms with Crippen LogP contribution in [0.25, 0.3) is 0 Å². The SMILES string of the molecule is C=C(C)CO/C(NC)=C(/C(C)=N)C(=O)OCC. The summed E-state index contributed by atoms with van der Waals surface area (Å²) >= 11 is 0. The summed E-state index contributed by atoms with van der Waals surface area (Å²) in [7, 11) is 1.62. The van der Waals surface area contributed by atoms with E-state index in [0.29, 0.717) is 0 Å². The zero-order chi connectivity index (χ0) is 13.4. The largest absolute Gasteiger partial charge is 0.474 e. The Hall–Kier alpha value is -1.78. The maximum Gasteiger partial charge on any atom is 0.345 e. The van der Waals surface area contributed by atoms with E-state index in [1.165, 1.54) is 6.92 Å². The molecular formula is C12H20N2O3. The Bertz CT molecular complexity index is 346. The first-order valence-electron chi connectivity index (χ1n) is 5.35. The molecule has 0 radical (unpaired) electrons. The number of esters is 1. The van der Waals surface area contributed by atoms with E-state index in [1.54, 1.807) is 14.0 Å². The molecule has 0 spiro atoms. The van der Waals surface area contributed by atoms with Gasteiger partial charge in [-0.05, 0) is 26.3 Å². The van der Waals surface area contributed by atoms with Crippen molar-refractivity contribution in [1.82, 2.24) is 5.32 Å². The van der Waals surface area contributed by atoms with Crippen molar-refractivity contribution in [1.29, 1.82) is 5.41 Å². The summed E-state index contributed by atoms with van der Waals surface area (Å²) < 4.78 is 10.2. The molecule has 0 aromatic rings. The van der Waals surface area contributed by atoms with Gasteiger partial charge in [0.2, 0.25) is 5.88 Å². The molecule has 0 aromatic heterocycles. The molecule has 0 saturated carbocycles. The monoisotopic (exact) mass is 240 g/mol. The van der Waals surface area contributed by atoms with Crippen LogP contribution in [0.3, 0.4) is 0 Å². The van der Waals surface area contributed by atoms with Crippen LogP contribution in [0, 0.1) is 5.41 Å². The lowest BCUT2D eigenvalue weighted by atomic mass is 10.2. The molecular weight excluding hydrogens is 220 g/mol. The van der Waals surface area contributed by atoms with Crippen molar-refractivity contribution in [2.24, 2.45) is 0 Å². The quantitative estimate of drug-likeness (QED) is 0.233. The molecule has 5 heteroatoms. The van der Waals surface area contributed by atoms with Crippen LogP contribution in [0.1, 0.15) is 20.8 Å². The van der Waals surface area contributed by atoms with Gasteiger partial charge in [0, 0.05) is 12.8 Å². The van der Waals surface area contributed by atoms with Gasteiger partial charge in [0.05, 0.1) is 6.61 Å². The Morgan fingerprint density at radius 1 is 1.35 bits per heavy atom. The number of hydrogen-bond donors (Lipinski definition) is 2. The molecule has 0 bridgehead atoms. The molecule has 5 nitrogen and oxygen atoms in total. The molecule has 96 valence electrons. The average Bonchev–Trinajstić information content (AvgIpc) is 2.23. The van der Waals surface area contributed by atoms with Gasteiger partial charge in [-0.25, -0.2) is 4.79 Å². The smallest absolute Gasteiger partial charge is 0.345 e. The fourth-order valence-electron chi connectivity index (χ4n) is 1.08. The predicted molar refractivity (Wildman–Crippen MR) is 66.9 cm³/mol. The van der Waals surface area contributed by atoms with Crippen molar-refractivity contribution < 1.29 is 14.3 Å². The maximum atomic E-state index is 11.7. The highest BCUT2D eigenvalue weighted by Gasteiger charge is 2.19. The molecule has 0 aliphatic rings. The molecule has 0 atom stereocenters. The van der Waals surface area contributed by atoms with Crippen molar-refractivity contribution >= 4 is 11.7 Å². The normalized spacial score (nSPS) is 11.3. The summed E-state index contributed by atoms with van der Waals surface area (Å²) in [5.41, 5.74) is 1.02. The molecule has 0 saturated heterocycles. The zero-order valence-electron chi connectivity index (χ0n) is 10.8. The third-order valence-electron chi connectivity index (χ3n) is 1.77. The number of ether oxygens (including phenoxy) is 2. The van der Waals surface area contributed by atoms with E-state index < -0.39 is 5.97 Å². The molecule has 0 unspecified atom stereocenters. The highest BCUT2D eigenvalue weighted by molar-refractivity contribution is 6.17. The van der Waals surface area contributed by atoms with Gasteiger partial charge >= 0.3 is 5.97 Å². The zero-order valence-corrected chi connectivity index (χ0v) is 10.8. The first kappa shape index (κ1) is 15.2.